The van der Waals surface area contributed by atoms with E-state index in [1.54, 1.807) is 12.1 Å². The normalized spacial score (nSPS) is 19.3. The summed E-state index contributed by atoms with van der Waals surface area (Å²) in [6.07, 6.45) is 1.70. The van der Waals surface area contributed by atoms with Crippen LogP contribution in [0, 0.1) is 17.1 Å². The van der Waals surface area contributed by atoms with Crippen LogP contribution in [-0.2, 0) is 4.74 Å². The minimum absolute atomic E-state index is 0.0247. The Balaban J connectivity index is 1.89. The molecule has 0 saturated carbocycles. The molecule has 2 atom stereocenters. The van der Waals surface area contributed by atoms with Crippen LogP contribution in [0.5, 0.6) is 0 Å². The van der Waals surface area contributed by atoms with Crippen molar-refractivity contribution in [1.29, 1.82) is 5.26 Å². The number of hydrogen-bond donors (Lipinski definition) is 0. The van der Waals surface area contributed by atoms with Gasteiger partial charge in [-0.15, -0.1) is 0 Å². The smallest absolute Gasteiger partial charge is 0.123 e. The lowest BCUT2D eigenvalue weighted by Crippen LogP contribution is -2.14. The maximum Gasteiger partial charge on any atom is 0.123 e. The van der Waals surface area contributed by atoms with Gasteiger partial charge in [-0.2, -0.15) is 5.26 Å². The van der Waals surface area contributed by atoms with Crippen molar-refractivity contribution < 1.29 is 9.13 Å². The van der Waals surface area contributed by atoms with E-state index in [9.17, 15) is 9.65 Å². The van der Waals surface area contributed by atoms with Gasteiger partial charge in [0.15, 0.2) is 0 Å². The van der Waals surface area contributed by atoms with Crippen molar-refractivity contribution in [3.63, 3.8) is 0 Å². The van der Waals surface area contributed by atoms with Gasteiger partial charge in [-0.1, -0.05) is 18.2 Å². The maximum absolute atomic E-state index is 13.2. The Hall–Kier alpha value is -2.22. The molecule has 0 radical (unpaired) electrons. The van der Waals surface area contributed by atoms with Gasteiger partial charge in [0, 0.05) is 0 Å². The molecule has 4 heteroatoms. The Morgan fingerprint density at radius 2 is 1.88 bits per heavy atom. The summed E-state index contributed by atoms with van der Waals surface area (Å²) in [6.45, 7) is 0.994. The van der Waals surface area contributed by atoms with Gasteiger partial charge in [0.2, 0.25) is 0 Å². The molecule has 2 aromatic carbocycles. The highest BCUT2D eigenvalue weighted by molar-refractivity contribution is 5.45. The van der Waals surface area contributed by atoms with Gasteiger partial charge in [0.05, 0.1) is 17.7 Å². The van der Waals surface area contributed by atoms with Crippen LogP contribution in [0.1, 0.15) is 47.3 Å². The van der Waals surface area contributed by atoms with E-state index in [1.165, 1.54) is 12.1 Å². The van der Waals surface area contributed by atoms with Gasteiger partial charge >= 0.3 is 0 Å². The first-order valence-corrected chi connectivity index (χ1v) is 8.18. The second-order valence-corrected chi connectivity index (χ2v) is 6.46. The number of hydrogen-bond acceptors (Lipinski definition) is 3. The number of halogens is 1. The topological polar surface area (TPSA) is 36.3 Å². The molecule has 1 aliphatic rings. The Kier molecular flexibility index (Phi) is 4.94. The Labute approximate surface area is 142 Å². The molecule has 0 amide bonds. The molecule has 2 aromatic rings. The molecule has 1 unspecified atom stereocenters. The van der Waals surface area contributed by atoms with Gasteiger partial charge in [0.1, 0.15) is 11.9 Å². The zero-order valence-corrected chi connectivity index (χ0v) is 14.0. The first kappa shape index (κ1) is 16.6. The van der Waals surface area contributed by atoms with E-state index < -0.39 is 0 Å². The van der Waals surface area contributed by atoms with Crippen LogP contribution in [0.2, 0.25) is 0 Å². The maximum atomic E-state index is 13.2. The zero-order chi connectivity index (χ0) is 17.1. The van der Waals surface area contributed by atoms with Gasteiger partial charge < -0.3 is 9.64 Å². The summed E-state index contributed by atoms with van der Waals surface area (Å²) in [6, 6.07) is 14.4. The molecule has 3 rings (SSSR count). The lowest BCUT2D eigenvalue weighted by Gasteiger charge is -2.16. The third-order valence-electron chi connectivity index (χ3n) is 4.39. The monoisotopic (exact) mass is 324 g/mol. The SMILES string of the molecule is CN(C)CCCC1O[C@@H](c2ccc(F)cc2)c2ccc(C#N)cc21. The molecular formula is C20H21FN2O. The second-order valence-electron chi connectivity index (χ2n) is 6.46. The quantitative estimate of drug-likeness (QED) is 0.827. The third kappa shape index (κ3) is 3.48. The molecule has 0 aromatic heterocycles. The lowest BCUT2D eigenvalue weighted by molar-refractivity contribution is 0.0264. The van der Waals surface area contributed by atoms with Crippen LogP contribution in [-0.4, -0.2) is 25.5 Å². The number of rotatable bonds is 5. The largest absolute Gasteiger partial charge is 0.361 e. The molecule has 1 aliphatic heterocycles. The highest BCUT2D eigenvalue weighted by atomic mass is 19.1. The predicted molar refractivity (Wildman–Crippen MR) is 91.0 cm³/mol. The summed E-state index contributed by atoms with van der Waals surface area (Å²) in [5.74, 6) is -0.251. The Bertz CT molecular complexity index is 749. The van der Waals surface area contributed by atoms with Crippen molar-refractivity contribution in [2.45, 2.75) is 25.0 Å². The fourth-order valence-corrected chi connectivity index (χ4v) is 3.18. The van der Waals surface area contributed by atoms with Crippen LogP contribution in [0.4, 0.5) is 4.39 Å². The van der Waals surface area contributed by atoms with E-state index >= 15 is 0 Å². The first-order valence-electron chi connectivity index (χ1n) is 8.18. The van der Waals surface area contributed by atoms with Crippen molar-refractivity contribution >= 4 is 0 Å². The number of nitriles is 1. The van der Waals surface area contributed by atoms with Gasteiger partial charge in [0.25, 0.3) is 0 Å². The van der Waals surface area contributed by atoms with Crippen LogP contribution in [0.25, 0.3) is 0 Å². The molecule has 124 valence electrons. The molecule has 0 saturated heterocycles. The van der Waals surface area contributed by atoms with Crippen molar-refractivity contribution in [3.8, 4) is 6.07 Å². The first-order chi connectivity index (χ1) is 11.6. The van der Waals surface area contributed by atoms with Crippen molar-refractivity contribution in [2.24, 2.45) is 0 Å². The molecule has 0 spiro atoms. The van der Waals surface area contributed by atoms with E-state index in [0.717, 1.165) is 36.1 Å². The van der Waals surface area contributed by atoms with Crippen molar-refractivity contribution in [2.75, 3.05) is 20.6 Å². The highest BCUT2D eigenvalue weighted by Gasteiger charge is 2.32. The van der Waals surface area contributed by atoms with E-state index in [1.807, 2.05) is 18.2 Å². The summed E-state index contributed by atoms with van der Waals surface area (Å²) >= 11 is 0. The average Bonchev–Trinajstić information content (AvgIpc) is 2.93. The van der Waals surface area contributed by atoms with E-state index in [0.29, 0.717) is 5.56 Å². The van der Waals surface area contributed by atoms with Crippen molar-refractivity contribution in [3.05, 3.63) is 70.5 Å². The molecule has 0 fully saturated rings. The van der Waals surface area contributed by atoms with E-state index in [-0.39, 0.29) is 18.0 Å². The second kappa shape index (κ2) is 7.12. The van der Waals surface area contributed by atoms with Crippen LogP contribution >= 0.6 is 0 Å². The third-order valence-corrected chi connectivity index (χ3v) is 4.39. The fourth-order valence-electron chi connectivity index (χ4n) is 3.18. The van der Waals surface area contributed by atoms with Gasteiger partial charge in [-0.3, -0.25) is 0 Å². The van der Waals surface area contributed by atoms with E-state index in [4.69, 9.17) is 4.74 Å². The standard InChI is InChI=1S/C20H21FN2O/c1-23(2)11-3-4-19-18-12-14(13-22)5-10-17(18)20(24-19)15-6-8-16(21)9-7-15/h5-10,12,19-20H,3-4,11H2,1-2H3/t19?,20-/m0/s1. The molecule has 0 N–H and O–H groups in total. The number of fused-ring (bicyclic) bond motifs is 1. The molecule has 24 heavy (non-hydrogen) atoms. The predicted octanol–water partition coefficient (Wildman–Crippen LogP) is 4.20. The van der Waals surface area contributed by atoms with Gasteiger partial charge in [-0.05, 0) is 74.4 Å². The molecule has 0 aliphatic carbocycles. The summed E-state index contributed by atoms with van der Waals surface area (Å²) < 4.78 is 19.5. The Morgan fingerprint density at radius 1 is 1.12 bits per heavy atom. The zero-order valence-electron chi connectivity index (χ0n) is 14.0. The molecule has 0 bridgehead atoms. The Morgan fingerprint density at radius 3 is 2.54 bits per heavy atom. The average molecular weight is 324 g/mol. The summed E-state index contributed by atoms with van der Waals surface area (Å²) in [5.41, 5.74) is 3.75. The van der Waals surface area contributed by atoms with Crippen molar-refractivity contribution in [1.82, 2.24) is 4.90 Å². The highest BCUT2D eigenvalue weighted by Crippen LogP contribution is 2.44. The minimum atomic E-state index is -0.251. The van der Waals surface area contributed by atoms with E-state index in [2.05, 4.69) is 25.1 Å². The lowest BCUT2D eigenvalue weighted by atomic mass is 9.94. The van der Waals surface area contributed by atoms with Crippen LogP contribution in [0.15, 0.2) is 42.5 Å². The van der Waals surface area contributed by atoms with Gasteiger partial charge in [-0.25, -0.2) is 4.39 Å². The summed E-state index contributed by atoms with van der Waals surface area (Å²) in [4.78, 5) is 2.15. The fraction of sp³-hybridized carbons (Fsp3) is 0.350. The molecule has 3 nitrogen and oxygen atoms in total. The van der Waals surface area contributed by atoms with Crippen LogP contribution < -0.4 is 0 Å². The number of ether oxygens (including phenoxy) is 1. The number of benzene rings is 2. The number of nitrogens with zero attached hydrogens (tertiary/aromatic N) is 2. The molecular weight excluding hydrogens is 303 g/mol. The molecule has 1 heterocycles. The summed E-state index contributed by atoms with van der Waals surface area (Å²) in [5, 5.41) is 9.18. The summed E-state index contributed by atoms with van der Waals surface area (Å²) in [7, 11) is 4.11. The minimum Gasteiger partial charge on any atom is -0.361 e. The van der Waals surface area contributed by atoms with Crippen LogP contribution in [0.3, 0.4) is 0 Å².